The molecule has 1 aliphatic rings. The van der Waals surface area contributed by atoms with Gasteiger partial charge in [0.15, 0.2) is 0 Å². The van der Waals surface area contributed by atoms with Crippen LogP contribution in [0.2, 0.25) is 0 Å². The molecule has 1 aromatic carbocycles. The number of ether oxygens (including phenoxy) is 1. The summed E-state index contributed by atoms with van der Waals surface area (Å²) in [6, 6.07) is 9.37. The third kappa shape index (κ3) is 3.99. The highest BCUT2D eigenvalue weighted by Gasteiger charge is 2.36. The molecule has 0 bridgehead atoms. The van der Waals surface area contributed by atoms with Crippen LogP contribution < -0.4 is 10.1 Å². The van der Waals surface area contributed by atoms with E-state index in [0.29, 0.717) is 24.3 Å². The molecule has 0 aliphatic heterocycles. The number of aliphatic hydroxyl groups excluding tert-OH is 1. The molecule has 25 heavy (non-hydrogen) atoms. The van der Waals surface area contributed by atoms with Crippen molar-refractivity contribution in [2.75, 3.05) is 7.11 Å². The zero-order chi connectivity index (χ0) is 18.0. The molecule has 1 atom stereocenters. The summed E-state index contributed by atoms with van der Waals surface area (Å²) in [6.45, 7) is 3.97. The lowest BCUT2D eigenvalue weighted by atomic mass is 9.75. The average molecular weight is 340 g/mol. The Bertz CT molecular complexity index is 732. The molecule has 1 saturated carbocycles. The van der Waals surface area contributed by atoms with Gasteiger partial charge >= 0.3 is 0 Å². The van der Waals surface area contributed by atoms with Crippen molar-refractivity contribution >= 4 is 5.91 Å². The first-order chi connectivity index (χ1) is 12.0. The fraction of sp³-hybridized carbons (Fsp3) is 0.400. The summed E-state index contributed by atoms with van der Waals surface area (Å²) >= 11 is 0. The largest absolute Gasteiger partial charge is 0.481 e. The number of hydrogen-bond acceptors (Lipinski definition) is 4. The van der Waals surface area contributed by atoms with Crippen molar-refractivity contribution in [1.29, 1.82) is 0 Å². The summed E-state index contributed by atoms with van der Waals surface area (Å²) in [5, 5.41) is 12.8. The lowest BCUT2D eigenvalue weighted by molar-refractivity contribution is 0.0234. The quantitative estimate of drug-likeness (QED) is 0.878. The molecule has 2 aromatic rings. The van der Waals surface area contributed by atoms with Crippen LogP contribution in [0.25, 0.3) is 0 Å². The van der Waals surface area contributed by atoms with Gasteiger partial charge in [-0.15, -0.1) is 0 Å². The van der Waals surface area contributed by atoms with Crippen LogP contribution in [0.3, 0.4) is 0 Å². The number of pyridine rings is 1. The maximum Gasteiger partial charge on any atom is 0.251 e. The first-order valence-corrected chi connectivity index (χ1v) is 8.53. The second-order valence-corrected chi connectivity index (χ2v) is 6.85. The van der Waals surface area contributed by atoms with Crippen LogP contribution in [-0.2, 0) is 0 Å². The third-order valence-electron chi connectivity index (χ3n) is 4.72. The number of nitrogens with one attached hydrogen (secondary N) is 1. The van der Waals surface area contributed by atoms with E-state index in [2.05, 4.69) is 10.3 Å². The Morgan fingerprint density at radius 1 is 1.24 bits per heavy atom. The summed E-state index contributed by atoms with van der Waals surface area (Å²) in [4.78, 5) is 17.0. The van der Waals surface area contributed by atoms with Crippen LogP contribution in [-0.4, -0.2) is 29.2 Å². The number of hydrogen-bond donors (Lipinski definition) is 2. The van der Waals surface area contributed by atoms with Crippen molar-refractivity contribution in [1.82, 2.24) is 10.3 Å². The topological polar surface area (TPSA) is 71.5 Å². The number of aliphatic hydroxyl groups is 1. The molecule has 1 unspecified atom stereocenters. The highest BCUT2D eigenvalue weighted by Crippen LogP contribution is 2.38. The zero-order valence-corrected chi connectivity index (χ0v) is 14.8. The number of nitrogens with zero attached hydrogens (tertiary/aromatic N) is 1. The van der Waals surface area contributed by atoms with E-state index in [9.17, 15) is 9.90 Å². The van der Waals surface area contributed by atoms with E-state index in [1.165, 1.54) is 0 Å². The number of amides is 1. The van der Waals surface area contributed by atoms with Crippen LogP contribution in [0.15, 0.2) is 36.5 Å². The van der Waals surface area contributed by atoms with E-state index >= 15 is 0 Å². The molecule has 1 heterocycles. The molecule has 1 aliphatic carbocycles. The van der Waals surface area contributed by atoms with Gasteiger partial charge < -0.3 is 15.2 Å². The van der Waals surface area contributed by atoms with E-state index in [0.717, 1.165) is 16.7 Å². The zero-order valence-electron chi connectivity index (χ0n) is 14.8. The maximum absolute atomic E-state index is 12.8. The number of carbonyl (C=O) groups excluding carboxylic acids is 1. The van der Waals surface area contributed by atoms with Crippen LogP contribution in [0.1, 0.15) is 45.9 Å². The van der Waals surface area contributed by atoms with E-state index in [1.54, 1.807) is 19.4 Å². The van der Waals surface area contributed by atoms with E-state index in [1.807, 2.05) is 38.1 Å². The molecule has 1 fully saturated rings. The fourth-order valence-electron chi connectivity index (χ4n) is 3.40. The SMILES string of the molecule is COc1ccc(C(NC(=O)c2cc(C)cc(C)c2)C2CC(O)C2)cn1. The van der Waals surface area contributed by atoms with Crippen molar-refractivity contribution in [2.24, 2.45) is 5.92 Å². The molecule has 132 valence electrons. The first-order valence-electron chi connectivity index (χ1n) is 8.53. The van der Waals surface area contributed by atoms with Crippen molar-refractivity contribution in [3.8, 4) is 5.88 Å². The maximum atomic E-state index is 12.8. The predicted octanol–water partition coefficient (Wildman–Crippen LogP) is 2.95. The molecule has 5 heteroatoms. The van der Waals surface area contributed by atoms with Gasteiger partial charge in [-0.25, -0.2) is 4.98 Å². The molecule has 5 nitrogen and oxygen atoms in total. The number of aryl methyl sites for hydroxylation is 2. The van der Waals surface area contributed by atoms with E-state index < -0.39 is 0 Å². The summed E-state index contributed by atoms with van der Waals surface area (Å²) in [5.74, 6) is 0.644. The summed E-state index contributed by atoms with van der Waals surface area (Å²) in [7, 11) is 1.57. The molecule has 0 radical (unpaired) electrons. The Labute approximate surface area is 148 Å². The molecule has 3 rings (SSSR count). The summed E-state index contributed by atoms with van der Waals surface area (Å²) < 4.78 is 5.11. The smallest absolute Gasteiger partial charge is 0.251 e. The predicted molar refractivity (Wildman–Crippen MR) is 95.6 cm³/mol. The number of rotatable bonds is 5. The van der Waals surface area contributed by atoms with Gasteiger partial charge in [0, 0.05) is 17.8 Å². The Morgan fingerprint density at radius 2 is 1.92 bits per heavy atom. The van der Waals surface area contributed by atoms with Crippen molar-refractivity contribution in [2.45, 2.75) is 38.8 Å². The van der Waals surface area contributed by atoms with Gasteiger partial charge in [0.1, 0.15) is 0 Å². The summed E-state index contributed by atoms with van der Waals surface area (Å²) in [5.41, 5.74) is 3.71. The van der Waals surface area contributed by atoms with Crippen LogP contribution in [0, 0.1) is 19.8 Å². The van der Waals surface area contributed by atoms with Crippen molar-refractivity contribution < 1.29 is 14.6 Å². The Kier molecular flexibility index (Phi) is 5.04. The minimum absolute atomic E-state index is 0.103. The molecule has 2 N–H and O–H groups in total. The number of carbonyl (C=O) groups is 1. The van der Waals surface area contributed by atoms with Crippen LogP contribution >= 0.6 is 0 Å². The van der Waals surface area contributed by atoms with Gasteiger partial charge in [-0.1, -0.05) is 23.3 Å². The molecule has 0 spiro atoms. The van der Waals surface area contributed by atoms with Gasteiger partial charge in [0.05, 0.1) is 19.3 Å². The van der Waals surface area contributed by atoms with Gasteiger partial charge in [-0.2, -0.15) is 0 Å². The normalized spacial score (nSPS) is 20.5. The second-order valence-electron chi connectivity index (χ2n) is 6.85. The second kappa shape index (κ2) is 7.23. The highest BCUT2D eigenvalue weighted by atomic mass is 16.5. The van der Waals surface area contributed by atoms with Crippen LogP contribution in [0.5, 0.6) is 5.88 Å². The average Bonchev–Trinajstić information content (AvgIpc) is 2.56. The van der Waals surface area contributed by atoms with E-state index in [-0.39, 0.29) is 24.0 Å². The number of aromatic nitrogens is 1. The number of methoxy groups -OCH3 is 1. The third-order valence-corrected chi connectivity index (χ3v) is 4.72. The van der Waals surface area contributed by atoms with Gasteiger partial charge in [-0.3, -0.25) is 4.79 Å². The Hall–Kier alpha value is -2.40. The monoisotopic (exact) mass is 340 g/mol. The lowest BCUT2D eigenvalue weighted by Gasteiger charge is -2.38. The summed E-state index contributed by atoms with van der Waals surface area (Å²) in [6.07, 6.45) is 2.82. The van der Waals surface area contributed by atoms with Crippen LogP contribution in [0.4, 0.5) is 0 Å². The standard InChI is InChI=1S/C20H24N2O3/c1-12-6-13(2)8-16(7-12)20(24)22-19(15-9-17(23)10-15)14-4-5-18(25-3)21-11-14/h4-8,11,15,17,19,23H,9-10H2,1-3H3,(H,22,24). The molecule has 0 saturated heterocycles. The molecule has 1 amide bonds. The van der Waals surface area contributed by atoms with Crippen molar-refractivity contribution in [3.05, 3.63) is 58.8 Å². The minimum atomic E-state index is -0.281. The lowest BCUT2D eigenvalue weighted by Crippen LogP contribution is -2.41. The van der Waals surface area contributed by atoms with Gasteiger partial charge in [0.25, 0.3) is 5.91 Å². The minimum Gasteiger partial charge on any atom is -0.481 e. The van der Waals surface area contributed by atoms with Gasteiger partial charge in [0.2, 0.25) is 5.88 Å². The Morgan fingerprint density at radius 3 is 2.44 bits per heavy atom. The molecular formula is C20H24N2O3. The van der Waals surface area contributed by atoms with Gasteiger partial charge in [-0.05, 0) is 50.3 Å². The molecular weight excluding hydrogens is 316 g/mol. The van der Waals surface area contributed by atoms with Crippen molar-refractivity contribution in [3.63, 3.8) is 0 Å². The number of benzene rings is 1. The highest BCUT2D eigenvalue weighted by molar-refractivity contribution is 5.94. The Balaban J connectivity index is 1.82. The fourth-order valence-corrected chi connectivity index (χ4v) is 3.40. The van der Waals surface area contributed by atoms with E-state index in [4.69, 9.17) is 4.74 Å². The molecule has 1 aromatic heterocycles. The first kappa shape index (κ1) is 17.4.